The Bertz CT molecular complexity index is 778. The third-order valence-corrected chi connectivity index (χ3v) is 4.46. The second-order valence-corrected chi connectivity index (χ2v) is 6.34. The number of ether oxygens (including phenoxy) is 1. The molecule has 6 nitrogen and oxygen atoms in total. The van der Waals surface area contributed by atoms with Crippen molar-refractivity contribution in [1.82, 2.24) is 25.5 Å². The van der Waals surface area contributed by atoms with Crippen molar-refractivity contribution in [1.29, 1.82) is 0 Å². The third kappa shape index (κ3) is 4.80. The number of hydrogen-bond acceptors (Lipinski definition) is 6. The molecular formula is C18H21N5OS. The van der Waals surface area contributed by atoms with E-state index in [2.05, 4.69) is 26.9 Å². The fourth-order valence-corrected chi connectivity index (χ4v) is 3.17. The largest absolute Gasteiger partial charge is 0.494 e. The molecule has 0 fully saturated rings. The van der Waals surface area contributed by atoms with Crippen LogP contribution in [0.4, 0.5) is 0 Å². The number of tetrazole rings is 1. The Morgan fingerprint density at radius 2 is 1.88 bits per heavy atom. The van der Waals surface area contributed by atoms with Crippen molar-refractivity contribution in [3.63, 3.8) is 0 Å². The zero-order chi connectivity index (χ0) is 17.3. The molecular weight excluding hydrogens is 334 g/mol. The van der Waals surface area contributed by atoms with Crippen molar-refractivity contribution in [2.75, 3.05) is 18.9 Å². The number of para-hydroxylation sites is 2. The first kappa shape index (κ1) is 17.4. The van der Waals surface area contributed by atoms with Gasteiger partial charge in [-0.15, -0.1) is 5.10 Å². The van der Waals surface area contributed by atoms with Crippen molar-refractivity contribution in [3.05, 3.63) is 60.2 Å². The van der Waals surface area contributed by atoms with Crippen LogP contribution in [-0.4, -0.2) is 39.1 Å². The SMILES string of the molecule is CCOc1ccccc1CNCCSc1nnnn1-c1ccccc1. The predicted octanol–water partition coefficient (Wildman–Crippen LogP) is 2.94. The second kappa shape index (κ2) is 9.19. The molecule has 0 atom stereocenters. The van der Waals surface area contributed by atoms with Crippen molar-refractivity contribution in [3.8, 4) is 11.4 Å². The summed E-state index contributed by atoms with van der Waals surface area (Å²) in [5.41, 5.74) is 2.14. The molecule has 0 aliphatic carbocycles. The van der Waals surface area contributed by atoms with Crippen LogP contribution in [-0.2, 0) is 6.54 Å². The quantitative estimate of drug-likeness (QED) is 0.470. The molecule has 0 radical (unpaired) electrons. The van der Waals surface area contributed by atoms with Gasteiger partial charge >= 0.3 is 0 Å². The zero-order valence-electron chi connectivity index (χ0n) is 14.1. The summed E-state index contributed by atoms with van der Waals surface area (Å²) in [5.74, 6) is 1.82. The van der Waals surface area contributed by atoms with Gasteiger partial charge in [-0.2, -0.15) is 4.68 Å². The highest BCUT2D eigenvalue weighted by Gasteiger charge is 2.08. The zero-order valence-corrected chi connectivity index (χ0v) is 14.9. The molecule has 1 heterocycles. The topological polar surface area (TPSA) is 64.9 Å². The van der Waals surface area contributed by atoms with Crippen molar-refractivity contribution in [2.24, 2.45) is 0 Å². The highest BCUT2D eigenvalue weighted by atomic mass is 32.2. The van der Waals surface area contributed by atoms with E-state index in [0.29, 0.717) is 6.61 Å². The molecule has 130 valence electrons. The van der Waals surface area contributed by atoms with Crippen LogP contribution in [0.3, 0.4) is 0 Å². The van der Waals surface area contributed by atoms with Gasteiger partial charge in [0.25, 0.3) is 0 Å². The molecule has 1 aromatic heterocycles. The van der Waals surface area contributed by atoms with E-state index < -0.39 is 0 Å². The lowest BCUT2D eigenvalue weighted by Gasteiger charge is -2.10. The lowest BCUT2D eigenvalue weighted by molar-refractivity contribution is 0.335. The summed E-state index contributed by atoms with van der Waals surface area (Å²) in [5, 5.41) is 16.2. The minimum Gasteiger partial charge on any atom is -0.494 e. The number of rotatable bonds is 9. The van der Waals surface area contributed by atoms with E-state index in [0.717, 1.165) is 35.4 Å². The smallest absolute Gasteiger partial charge is 0.214 e. The highest BCUT2D eigenvalue weighted by molar-refractivity contribution is 7.99. The van der Waals surface area contributed by atoms with E-state index in [-0.39, 0.29) is 0 Å². The highest BCUT2D eigenvalue weighted by Crippen LogP contribution is 2.19. The average Bonchev–Trinajstić information content (AvgIpc) is 3.12. The van der Waals surface area contributed by atoms with Gasteiger partial charge in [0.15, 0.2) is 0 Å². The molecule has 3 aromatic rings. The van der Waals surface area contributed by atoms with Crippen LogP contribution in [0.15, 0.2) is 59.8 Å². The second-order valence-electron chi connectivity index (χ2n) is 5.27. The lowest BCUT2D eigenvalue weighted by atomic mass is 10.2. The predicted molar refractivity (Wildman–Crippen MR) is 99.2 cm³/mol. The molecule has 0 bridgehead atoms. The summed E-state index contributed by atoms with van der Waals surface area (Å²) in [6.07, 6.45) is 0. The number of nitrogens with one attached hydrogen (secondary N) is 1. The monoisotopic (exact) mass is 355 g/mol. The van der Waals surface area contributed by atoms with Gasteiger partial charge in [-0.3, -0.25) is 0 Å². The summed E-state index contributed by atoms with van der Waals surface area (Å²) in [7, 11) is 0. The Hall–Kier alpha value is -2.38. The standard InChI is InChI=1S/C18H21N5OS/c1-2-24-17-11-7-6-8-15(17)14-19-12-13-25-18-20-21-22-23(18)16-9-4-3-5-10-16/h3-11,19H,2,12-14H2,1H3. The van der Waals surface area contributed by atoms with Crippen molar-refractivity contribution >= 4 is 11.8 Å². The molecule has 0 aliphatic heterocycles. The van der Waals surface area contributed by atoms with E-state index in [9.17, 15) is 0 Å². The molecule has 3 rings (SSSR count). The Labute approximate surface area is 151 Å². The van der Waals surface area contributed by atoms with Gasteiger partial charge < -0.3 is 10.1 Å². The van der Waals surface area contributed by atoms with Gasteiger partial charge in [-0.25, -0.2) is 0 Å². The Balaban J connectivity index is 1.48. The van der Waals surface area contributed by atoms with Crippen molar-refractivity contribution < 1.29 is 4.74 Å². The van der Waals surface area contributed by atoms with E-state index >= 15 is 0 Å². The minimum absolute atomic E-state index is 0.676. The first-order chi connectivity index (χ1) is 12.4. The van der Waals surface area contributed by atoms with Crippen LogP contribution < -0.4 is 10.1 Å². The first-order valence-electron chi connectivity index (χ1n) is 8.26. The number of thioether (sulfide) groups is 1. The van der Waals surface area contributed by atoms with Gasteiger partial charge in [-0.1, -0.05) is 48.2 Å². The molecule has 25 heavy (non-hydrogen) atoms. The number of aromatic nitrogens is 4. The molecule has 0 saturated heterocycles. The molecule has 0 amide bonds. The van der Waals surface area contributed by atoms with Crippen LogP contribution in [0.5, 0.6) is 5.75 Å². The van der Waals surface area contributed by atoms with Crippen LogP contribution in [0.25, 0.3) is 5.69 Å². The van der Waals surface area contributed by atoms with Gasteiger partial charge in [0.2, 0.25) is 5.16 Å². The molecule has 0 saturated carbocycles. The molecule has 0 spiro atoms. The molecule has 7 heteroatoms. The number of nitrogens with zero attached hydrogens (tertiary/aromatic N) is 4. The summed E-state index contributed by atoms with van der Waals surface area (Å²) in [4.78, 5) is 0. The number of benzene rings is 2. The Morgan fingerprint density at radius 3 is 2.72 bits per heavy atom. The maximum atomic E-state index is 5.64. The average molecular weight is 355 g/mol. The fraction of sp³-hybridized carbons (Fsp3) is 0.278. The maximum Gasteiger partial charge on any atom is 0.214 e. The molecule has 2 aromatic carbocycles. The fourth-order valence-electron chi connectivity index (χ4n) is 2.38. The van der Waals surface area contributed by atoms with Crippen LogP contribution in [0.2, 0.25) is 0 Å². The van der Waals surface area contributed by atoms with Crippen LogP contribution in [0, 0.1) is 0 Å². The summed E-state index contributed by atoms with van der Waals surface area (Å²) in [6.45, 7) is 4.31. The van der Waals surface area contributed by atoms with Gasteiger partial charge in [0, 0.05) is 24.4 Å². The minimum atomic E-state index is 0.676. The lowest BCUT2D eigenvalue weighted by Crippen LogP contribution is -2.17. The third-order valence-electron chi connectivity index (χ3n) is 3.54. The van der Waals surface area contributed by atoms with E-state index in [1.807, 2.05) is 55.5 Å². The van der Waals surface area contributed by atoms with Gasteiger partial charge in [-0.05, 0) is 35.5 Å². The van der Waals surface area contributed by atoms with E-state index in [1.165, 1.54) is 5.56 Å². The van der Waals surface area contributed by atoms with Crippen LogP contribution >= 0.6 is 11.8 Å². The molecule has 0 unspecified atom stereocenters. The normalized spacial score (nSPS) is 10.8. The van der Waals surface area contributed by atoms with E-state index in [4.69, 9.17) is 4.74 Å². The van der Waals surface area contributed by atoms with Gasteiger partial charge in [0.05, 0.1) is 12.3 Å². The summed E-state index contributed by atoms with van der Waals surface area (Å²) >= 11 is 1.63. The first-order valence-corrected chi connectivity index (χ1v) is 9.25. The summed E-state index contributed by atoms with van der Waals surface area (Å²) < 4.78 is 7.40. The maximum absolute atomic E-state index is 5.64. The van der Waals surface area contributed by atoms with E-state index in [1.54, 1.807) is 16.4 Å². The van der Waals surface area contributed by atoms with Crippen LogP contribution in [0.1, 0.15) is 12.5 Å². The van der Waals surface area contributed by atoms with Gasteiger partial charge in [0.1, 0.15) is 5.75 Å². The molecule has 0 aliphatic rings. The molecule has 1 N–H and O–H groups in total. The Morgan fingerprint density at radius 1 is 1.08 bits per heavy atom. The van der Waals surface area contributed by atoms with Crippen molar-refractivity contribution in [2.45, 2.75) is 18.6 Å². The summed E-state index contributed by atoms with van der Waals surface area (Å²) in [6, 6.07) is 18.0. The number of hydrogen-bond donors (Lipinski definition) is 1. The Kier molecular flexibility index (Phi) is 6.42.